The van der Waals surface area contributed by atoms with E-state index in [1.807, 2.05) is 11.3 Å². The molecule has 14 heavy (non-hydrogen) atoms. The van der Waals surface area contributed by atoms with Crippen LogP contribution in [0.4, 0.5) is 0 Å². The highest BCUT2D eigenvalue weighted by molar-refractivity contribution is 7.15. The van der Waals surface area contributed by atoms with Gasteiger partial charge in [-0.1, -0.05) is 44.2 Å². The second kappa shape index (κ2) is 3.97. The zero-order valence-corrected chi connectivity index (χ0v) is 9.34. The average molecular weight is 202 g/mol. The third-order valence-electron chi connectivity index (χ3n) is 2.25. The number of rotatable bonds is 2. The second-order valence-corrected chi connectivity index (χ2v) is 4.84. The quantitative estimate of drug-likeness (QED) is 0.670. The number of hydrogen-bond donors (Lipinski definition) is 0. The SMILES string of the molecule is CC(C)c1ccc(-c2ccccc2)s1. The van der Waals surface area contributed by atoms with Gasteiger partial charge < -0.3 is 0 Å². The van der Waals surface area contributed by atoms with Gasteiger partial charge in [0.2, 0.25) is 0 Å². The van der Waals surface area contributed by atoms with Crippen molar-refractivity contribution < 1.29 is 0 Å². The highest BCUT2D eigenvalue weighted by atomic mass is 32.1. The molecule has 1 heterocycles. The van der Waals surface area contributed by atoms with Gasteiger partial charge in [0.1, 0.15) is 0 Å². The van der Waals surface area contributed by atoms with Crippen molar-refractivity contribution in [3.05, 3.63) is 47.3 Å². The van der Waals surface area contributed by atoms with Crippen LogP contribution in [0, 0.1) is 0 Å². The molecular formula is C13H14S. The highest BCUT2D eigenvalue weighted by Crippen LogP contribution is 2.31. The van der Waals surface area contributed by atoms with E-state index < -0.39 is 0 Å². The van der Waals surface area contributed by atoms with Crippen molar-refractivity contribution in [3.63, 3.8) is 0 Å². The molecule has 0 saturated carbocycles. The van der Waals surface area contributed by atoms with Gasteiger partial charge in [0, 0.05) is 9.75 Å². The van der Waals surface area contributed by atoms with Crippen LogP contribution in [-0.2, 0) is 0 Å². The van der Waals surface area contributed by atoms with Crippen molar-refractivity contribution in [2.45, 2.75) is 19.8 Å². The zero-order chi connectivity index (χ0) is 9.97. The van der Waals surface area contributed by atoms with Crippen LogP contribution in [0.25, 0.3) is 10.4 Å². The summed E-state index contributed by atoms with van der Waals surface area (Å²) in [5.41, 5.74) is 1.32. The maximum Gasteiger partial charge on any atom is 0.0345 e. The molecule has 0 aliphatic heterocycles. The predicted octanol–water partition coefficient (Wildman–Crippen LogP) is 4.54. The van der Waals surface area contributed by atoms with Crippen molar-refractivity contribution in [1.29, 1.82) is 0 Å². The molecule has 0 aliphatic carbocycles. The van der Waals surface area contributed by atoms with Crippen LogP contribution in [0.15, 0.2) is 42.5 Å². The summed E-state index contributed by atoms with van der Waals surface area (Å²) in [4.78, 5) is 2.83. The maximum atomic E-state index is 2.24. The minimum Gasteiger partial charge on any atom is -0.140 e. The van der Waals surface area contributed by atoms with Crippen LogP contribution < -0.4 is 0 Å². The van der Waals surface area contributed by atoms with Gasteiger partial charge in [-0.05, 0) is 23.6 Å². The fraction of sp³-hybridized carbons (Fsp3) is 0.231. The van der Waals surface area contributed by atoms with Crippen LogP contribution >= 0.6 is 11.3 Å². The van der Waals surface area contributed by atoms with Crippen molar-refractivity contribution >= 4 is 11.3 Å². The second-order valence-electron chi connectivity index (χ2n) is 3.72. The first-order chi connectivity index (χ1) is 6.77. The van der Waals surface area contributed by atoms with Crippen molar-refractivity contribution in [1.82, 2.24) is 0 Å². The number of benzene rings is 1. The van der Waals surface area contributed by atoms with E-state index in [1.165, 1.54) is 15.3 Å². The molecule has 1 heteroatoms. The summed E-state index contributed by atoms with van der Waals surface area (Å²) in [5, 5.41) is 0. The van der Waals surface area contributed by atoms with Crippen molar-refractivity contribution in [2.75, 3.05) is 0 Å². The van der Waals surface area contributed by atoms with Gasteiger partial charge in [-0.15, -0.1) is 11.3 Å². The summed E-state index contributed by atoms with van der Waals surface area (Å²) in [6.45, 7) is 4.47. The molecule has 0 N–H and O–H groups in total. The summed E-state index contributed by atoms with van der Waals surface area (Å²) >= 11 is 1.89. The van der Waals surface area contributed by atoms with E-state index in [2.05, 4.69) is 56.3 Å². The molecule has 0 nitrogen and oxygen atoms in total. The summed E-state index contributed by atoms with van der Waals surface area (Å²) in [6.07, 6.45) is 0. The Labute approximate surface area is 89.2 Å². The first-order valence-corrected chi connectivity index (χ1v) is 5.74. The van der Waals surface area contributed by atoms with E-state index in [9.17, 15) is 0 Å². The third kappa shape index (κ3) is 1.88. The van der Waals surface area contributed by atoms with Crippen LogP contribution in [0.5, 0.6) is 0 Å². The summed E-state index contributed by atoms with van der Waals surface area (Å²) in [5.74, 6) is 0.637. The molecule has 1 aromatic carbocycles. The molecule has 0 amide bonds. The molecule has 72 valence electrons. The number of hydrogen-bond acceptors (Lipinski definition) is 1. The van der Waals surface area contributed by atoms with Gasteiger partial charge in [-0.2, -0.15) is 0 Å². The maximum absolute atomic E-state index is 2.24. The van der Waals surface area contributed by atoms with E-state index in [1.54, 1.807) is 0 Å². The van der Waals surface area contributed by atoms with E-state index in [0.29, 0.717) is 5.92 Å². The molecule has 0 fully saturated rings. The zero-order valence-electron chi connectivity index (χ0n) is 8.53. The molecule has 1 aromatic heterocycles. The molecular weight excluding hydrogens is 188 g/mol. The van der Waals surface area contributed by atoms with E-state index >= 15 is 0 Å². The Morgan fingerprint density at radius 1 is 0.929 bits per heavy atom. The summed E-state index contributed by atoms with van der Waals surface area (Å²) < 4.78 is 0. The largest absolute Gasteiger partial charge is 0.140 e. The Balaban J connectivity index is 2.34. The van der Waals surface area contributed by atoms with Gasteiger partial charge in [0.05, 0.1) is 0 Å². The number of thiophene rings is 1. The normalized spacial score (nSPS) is 10.8. The Kier molecular flexibility index (Phi) is 2.69. The lowest BCUT2D eigenvalue weighted by Crippen LogP contribution is -1.77. The lowest BCUT2D eigenvalue weighted by molar-refractivity contribution is 0.890. The van der Waals surface area contributed by atoms with Crippen LogP contribution in [-0.4, -0.2) is 0 Å². The van der Waals surface area contributed by atoms with Crippen molar-refractivity contribution in [3.8, 4) is 10.4 Å². The molecule has 2 aromatic rings. The Morgan fingerprint density at radius 2 is 1.64 bits per heavy atom. The summed E-state index contributed by atoms with van der Waals surface area (Å²) in [6, 6.07) is 15.0. The van der Waals surface area contributed by atoms with Gasteiger partial charge in [0.15, 0.2) is 0 Å². The fourth-order valence-corrected chi connectivity index (χ4v) is 2.44. The molecule has 0 aliphatic rings. The highest BCUT2D eigenvalue weighted by Gasteiger charge is 2.04. The predicted molar refractivity (Wildman–Crippen MR) is 63.8 cm³/mol. The molecule has 2 rings (SSSR count). The van der Waals surface area contributed by atoms with E-state index in [0.717, 1.165) is 0 Å². The van der Waals surface area contributed by atoms with Crippen molar-refractivity contribution in [2.24, 2.45) is 0 Å². The molecule has 0 radical (unpaired) electrons. The van der Waals surface area contributed by atoms with Gasteiger partial charge in [-0.25, -0.2) is 0 Å². The van der Waals surface area contributed by atoms with Crippen LogP contribution in [0.3, 0.4) is 0 Å². The average Bonchev–Trinajstić information content (AvgIpc) is 2.68. The third-order valence-corrected chi connectivity index (χ3v) is 3.69. The van der Waals surface area contributed by atoms with Gasteiger partial charge in [-0.3, -0.25) is 0 Å². The Hall–Kier alpha value is -1.08. The molecule has 0 spiro atoms. The van der Waals surface area contributed by atoms with Gasteiger partial charge >= 0.3 is 0 Å². The molecule has 0 saturated heterocycles. The first kappa shape index (κ1) is 9.47. The van der Waals surface area contributed by atoms with Crippen LogP contribution in [0.2, 0.25) is 0 Å². The van der Waals surface area contributed by atoms with E-state index in [-0.39, 0.29) is 0 Å². The first-order valence-electron chi connectivity index (χ1n) is 4.92. The summed E-state index contributed by atoms with van der Waals surface area (Å²) in [7, 11) is 0. The molecule has 0 bridgehead atoms. The molecule has 0 atom stereocenters. The van der Waals surface area contributed by atoms with Gasteiger partial charge in [0.25, 0.3) is 0 Å². The Bertz CT molecular complexity index is 398. The topological polar surface area (TPSA) is 0 Å². The minimum atomic E-state index is 0.637. The fourth-order valence-electron chi connectivity index (χ4n) is 1.42. The lowest BCUT2D eigenvalue weighted by atomic mass is 10.1. The lowest BCUT2D eigenvalue weighted by Gasteiger charge is -1.98. The monoisotopic (exact) mass is 202 g/mol. The molecule has 0 unspecified atom stereocenters. The smallest absolute Gasteiger partial charge is 0.0345 e. The standard InChI is InChI=1S/C13H14S/c1-10(2)12-8-9-13(14-12)11-6-4-3-5-7-11/h3-10H,1-2H3. The minimum absolute atomic E-state index is 0.637. The van der Waals surface area contributed by atoms with Crippen LogP contribution in [0.1, 0.15) is 24.6 Å². The van der Waals surface area contributed by atoms with E-state index in [4.69, 9.17) is 0 Å². The Morgan fingerprint density at radius 3 is 2.21 bits per heavy atom.